The first-order valence-electron chi connectivity index (χ1n) is 12.6. The van der Waals surface area contributed by atoms with Gasteiger partial charge in [0.1, 0.15) is 0 Å². The van der Waals surface area contributed by atoms with E-state index in [4.69, 9.17) is 0 Å². The van der Waals surface area contributed by atoms with Crippen LogP contribution in [0.1, 0.15) is 113 Å². The van der Waals surface area contributed by atoms with Gasteiger partial charge in [0.25, 0.3) is 0 Å². The lowest BCUT2D eigenvalue weighted by atomic mass is 9.91. The van der Waals surface area contributed by atoms with Crippen LogP contribution in [0.3, 0.4) is 0 Å². The Kier molecular flexibility index (Phi) is 9.32. The second-order valence-corrected chi connectivity index (χ2v) is 9.11. The third-order valence-corrected chi connectivity index (χ3v) is 6.70. The fourth-order valence-electron chi connectivity index (χ4n) is 5.06. The van der Waals surface area contributed by atoms with Crippen molar-refractivity contribution < 1.29 is 0 Å². The summed E-state index contributed by atoms with van der Waals surface area (Å²) in [4.78, 5) is 0. The highest BCUT2D eigenvalue weighted by Crippen LogP contribution is 2.42. The summed E-state index contributed by atoms with van der Waals surface area (Å²) in [6.07, 6.45) is 20.2. The number of fused-ring (bicyclic) bond motifs is 3. The van der Waals surface area contributed by atoms with Gasteiger partial charge in [-0.2, -0.15) is 0 Å². The average Bonchev–Trinajstić information content (AvgIpc) is 3.13. The van der Waals surface area contributed by atoms with Crippen molar-refractivity contribution in [1.29, 1.82) is 0 Å². The van der Waals surface area contributed by atoms with Crippen LogP contribution in [0, 0.1) is 0 Å². The molecule has 1 aliphatic rings. The van der Waals surface area contributed by atoms with E-state index in [0.717, 1.165) is 6.42 Å². The van der Waals surface area contributed by atoms with Crippen LogP contribution < -0.4 is 0 Å². The molecule has 0 unspecified atom stereocenters. The number of unbranched alkanes of at least 4 members (excludes halogenated alkanes) is 10. The number of benzene rings is 2. The second kappa shape index (κ2) is 12.2. The second-order valence-electron chi connectivity index (χ2n) is 9.11. The van der Waals surface area contributed by atoms with E-state index < -0.39 is 0 Å². The van der Waals surface area contributed by atoms with Crippen molar-refractivity contribution in [2.24, 2.45) is 0 Å². The Balaban J connectivity index is 1.65. The van der Waals surface area contributed by atoms with Gasteiger partial charge in [0.05, 0.1) is 0 Å². The molecule has 0 heteroatoms. The summed E-state index contributed by atoms with van der Waals surface area (Å²) in [5.41, 5.74) is 9.56. The molecule has 0 bridgehead atoms. The first kappa shape index (κ1) is 22.1. The molecule has 0 heterocycles. The van der Waals surface area contributed by atoms with Gasteiger partial charge in [-0.15, -0.1) is 0 Å². The third-order valence-electron chi connectivity index (χ3n) is 6.70. The number of hydrogen-bond donors (Lipinski definition) is 0. The fourth-order valence-corrected chi connectivity index (χ4v) is 5.06. The summed E-state index contributed by atoms with van der Waals surface area (Å²) in [5, 5.41) is 0. The van der Waals surface area contributed by atoms with Crippen molar-refractivity contribution >= 4 is 0 Å². The van der Waals surface area contributed by atoms with E-state index in [1.54, 1.807) is 33.4 Å². The van der Waals surface area contributed by atoms with Crippen LogP contribution in [0.15, 0.2) is 36.4 Å². The maximum atomic E-state index is 2.40. The highest BCUT2D eigenvalue weighted by atomic mass is 14.3. The lowest BCUT2D eigenvalue weighted by Gasteiger charge is -2.14. The Morgan fingerprint density at radius 3 is 1.38 bits per heavy atom. The van der Waals surface area contributed by atoms with Gasteiger partial charge in [-0.3, -0.25) is 0 Å². The Labute approximate surface area is 180 Å². The van der Waals surface area contributed by atoms with E-state index >= 15 is 0 Å². The molecule has 2 aromatic rings. The van der Waals surface area contributed by atoms with E-state index in [9.17, 15) is 0 Å². The van der Waals surface area contributed by atoms with Gasteiger partial charge in [0.2, 0.25) is 0 Å². The van der Waals surface area contributed by atoms with Crippen molar-refractivity contribution in [3.8, 4) is 11.1 Å². The molecule has 0 N–H and O–H groups in total. The van der Waals surface area contributed by atoms with Crippen molar-refractivity contribution in [2.45, 2.75) is 110 Å². The topological polar surface area (TPSA) is 0 Å². The summed E-state index contributed by atoms with van der Waals surface area (Å²) in [6.45, 7) is 4.60. The van der Waals surface area contributed by atoms with E-state index in [2.05, 4.69) is 50.2 Å². The first-order valence-corrected chi connectivity index (χ1v) is 12.6. The fraction of sp³-hybridized carbons (Fsp3) is 0.586. The molecule has 2 aromatic carbocycles. The Hall–Kier alpha value is -1.56. The van der Waals surface area contributed by atoms with Crippen LogP contribution in [0.2, 0.25) is 0 Å². The SMILES string of the molecule is CCCCCCCCc1cccc2c1-c1c(CCCCCCCC)cccc1C2. The normalized spacial score (nSPS) is 12.2. The van der Waals surface area contributed by atoms with Crippen LogP contribution in [0.5, 0.6) is 0 Å². The average molecular weight is 391 g/mol. The number of hydrogen-bond acceptors (Lipinski definition) is 0. The molecule has 0 amide bonds. The van der Waals surface area contributed by atoms with Crippen molar-refractivity contribution in [3.05, 3.63) is 58.7 Å². The Bertz CT molecular complexity index is 676. The minimum absolute atomic E-state index is 1.14. The van der Waals surface area contributed by atoms with Gasteiger partial charge < -0.3 is 0 Å². The summed E-state index contributed by atoms with van der Waals surface area (Å²) in [6, 6.07) is 14.1. The monoisotopic (exact) mass is 390 g/mol. The highest BCUT2D eigenvalue weighted by Gasteiger charge is 2.23. The van der Waals surface area contributed by atoms with Crippen molar-refractivity contribution in [1.82, 2.24) is 0 Å². The summed E-state index contributed by atoms with van der Waals surface area (Å²) in [5.74, 6) is 0. The molecule has 0 saturated carbocycles. The zero-order valence-electron chi connectivity index (χ0n) is 19.1. The van der Waals surface area contributed by atoms with Crippen LogP contribution in [-0.2, 0) is 19.3 Å². The molecule has 158 valence electrons. The van der Waals surface area contributed by atoms with Crippen LogP contribution in [0.4, 0.5) is 0 Å². The first-order chi connectivity index (χ1) is 14.3. The minimum Gasteiger partial charge on any atom is -0.0654 e. The summed E-state index contributed by atoms with van der Waals surface area (Å²) < 4.78 is 0. The molecule has 0 aromatic heterocycles. The van der Waals surface area contributed by atoms with Gasteiger partial charge in [-0.25, -0.2) is 0 Å². The molecule has 0 fully saturated rings. The zero-order valence-corrected chi connectivity index (χ0v) is 19.1. The van der Waals surface area contributed by atoms with Crippen LogP contribution in [-0.4, -0.2) is 0 Å². The largest absolute Gasteiger partial charge is 0.0654 e. The summed E-state index contributed by atoms with van der Waals surface area (Å²) >= 11 is 0. The molecule has 0 nitrogen and oxygen atoms in total. The van der Waals surface area contributed by atoms with E-state index in [1.807, 2.05) is 0 Å². The minimum atomic E-state index is 1.14. The molecule has 0 radical (unpaired) electrons. The van der Waals surface area contributed by atoms with E-state index in [1.165, 1.54) is 89.9 Å². The van der Waals surface area contributed by atoms with Crippen molar-refractivity contribution in [3.63, 3.8) is 0 Å². The third kappa shape index (κ3) is 6.21. The van der Waals surface area contributed by atoms with Gasteiger partial charge in [0.15, 0.2) is 0 Å². The lowest BCUT2D eigenvalue weighted by molar-refractivity contribution is 0.607. The number of rotatable bonds is 14. The van der Waals surface area contributed by atoms with Gasteiger partial charge >= 0.3 is 0 Å². The number of aryl methyl sites for hydroxylation is 2. The molecule has 0 atom stereocenters. The van der Waals surface area contributed by atoms with Gasteiger partial charge in [-0.1, -0.05) is 114 Å². The van der Waals surface area contributed by atoms with E-state index in [0.29, 0.717) is 0 Å². The summed E-state index contributed by atoms with van der Waals surface area (Å²) in [7, 11) is 0. The molecular weight excluding hydrogens is 348 g/mol. The molecule has 3 rings (SSSR count). The predicted octanol–water partition coefficient (Wildman–Crippen LogP) is 9.06. The van der Waals surface area contributed by atoms with Crippen LogP contribution in [0.25, 0.3) is 11.1 Å². The van der Waals surface area contributed by atoms with Crippen molar-refractivity contribution in [2.75, 3.05) is 0 Å². The molecule has 1 aliphatic carbocycles. The highest BCUT2D eigenvalue weighted by molar-refractivity contribution is 5.82. The van der Waals surface area contributed by atoms with Gasteiger partial charge in [0, 0.05) is 0 Å². The Morgan fingerprint density at radius 2 is 0.931 bits per heavy atom. The maximum Gasteiger partial charge on any atom is -0.00132 e. The molecule has 29 heavy (non-hydrogen) atoms. The molecule has 0 saturated heterocycles. The molecule has 0 spiro atoms. The van der Waals surface area contributed by atoms with Crippen LogP contribution >= 0.6 is 0 Å². The zero-order chi connectivity index (χ0) is 20.3. The lowest BCUT2D eigenvalue weighted by Crippen LogP contribution is -1.95. The predicted molar refractivity (Wildman–Crippen MR) is 129 cm³/mol. The maximum absolute atomic E-state index is 2.40. The standard InChI is InChI=1S/C29H42/c1-3-5-7-9-11-13-17-24-19-15-21-26-23-27-22-16-20-25(29(27)28(24)26)18-14-12-10-8-6-4-2/h15-16,19-22H,3-14,17-18,23H2,1-2H3. The van der Waals surface area contributed by atoms with E-state index in [-0.39, 0.29) is 0 Å². The molecule has 0 aliphatic heterocycles. The smallest absolute Gasteiger partial charge is 0.00132 e. The Morgan fingerprint density at radius 1 is 0.517 bits per heavy atom. The quantitative estimate of drug-likeness (QED) is 0.241. The van der Waals surface area contributed by atoms with Gasteiger partial charge in [-0.05, 0) is 65.5 Å². The molecular formula is C29H42.